The van der Waals surface area contributed by atoms with Gasteiger partial charge in [0.1, 0.15) is 5.82 Å². The molecule has 2 atom stereocenters. The maximum Gasteiger partial charge on any atom is 0.416 e. The second kappa shape index (κ2) is 7.98. The predicted octanol–water partition coefficient (Wildman–Crippen LogP) is 3.84. The zero-order valence-corrected chi connectivity index (χ0v) is 16.2. The zero-order valence-electron chi connectivity index (χ0n) is 16.2. The normalized spacial score (nSPS) is 19.3. The van der Waals surface area contributed by atoms with Gasteiger partial charge in [0.05, 0.1) is 48.3 Å². The summed E-state index contributed by atoms with van der Waals surface area (Å²) in [4.78, 5) is 6.12. The smallest absolute Gasteiger partial charge is 0.394 e. The molecule has 9 heteroatoms. The average Bonchev–Trinajstić information content (AvgIpc) is 3.08. The monoisotopic (exact) mass is 423 g/mol. The van der Waals surface area contributed by atoms with Gasteiger partial charge in [-0.2, -0.15) is 13.2 Å². The largest absolute Gasteiger partial charge is 0.416 e. The number of rotatable bonds is 4. The summed E-state index contributed by atoms with van der Waals surface area (Å²) in [5.41, 5.74) is 1.71. The Labute approximate surface area is 170 Å². The van der Waals surface area contributed by atoms with Gasteiger partial charge in [0.2, 0.25) is 0 Å². The Morgan fingerprint density at radius 3 is 2.77 bits per heavy atom. The van der Waals surface area contributed by atoms with Gasteiger partial charge in [-0.05, 0) is 41.5 Å². The van der Waals surface area contributed by atoms with Crippen molar-refractivity contribution < 1.29 is 27.4 Å². The molecule has 0 aliphatic carbocycles. The molecule has 1 N–H and O–H groups in total. The van der Waals surface area contributed by atoms with Gasteiger partial charge in [-0.25, -0.2) is 9.37 Å². The molecule has 0 saturated carbocycles. The van der Waals surface area contributed by atoms with Crippen LogP contribution in [-0.4, -0.2) is 45.9 Å². The molecule has 0 spiro atoms. The van der Waals surface area contributed by atoms with Crippen LogP contribution in [0.2, 0.25) is 0 Å². The van der Waals surface area contributed by atoms with Gasteiger partial charge in [0, 0.05) is 20.1 Å². The third-order valence-electron chi connectivity index (χ3n) is 5.47. The molecular formula is C21H21F4N3O2. The van der Waals surface area contributed by atoms with E-state index >= 15 is 0 Å². The van der Waals surface area contributed by atoms with Crippen molar-refractivity contribution in [1.29, 1.82) is 0 Å². The van der Waals surface area contributed by atoms with Crippen molar-refractivity contribution in [2.75, 3.05) is 26.3 Å². The molecule has 1 fully saturated rings. The number of hydrogen-bond donors (Lipinski definition) is 1. The first-order valence-electron chi connectivity index (χ1n) is 9.51. The molecule has 2 aromatic carbocycles. The summed E-state index contributed by atoms with van der Waals surface area (Å²) in [5.74, 6) is -0.982. The Bertz CT molecular complexity index is 1050. The standard InChI is InChI=1S/C21H21F4N3O2/c1-27-12-26-17-3-2-13(8-18(17)27)20-10-28(4-5-30-20)19(11-29)14-6-15(21(23,24)25)9-16(22)7-14/h2-3,6-9,12,19-20,29H,4-5,10-11H2,1H3/t19-,20-/m0/s1. The Kier molecular flexibility index (Phi) is 5.52. The zero-order chi connectivity index (χ0) is 21.5. The summed E-state index contributed by atoms with van der Waals surface area (Å²) in [6.07, 6.45) is -3.28. The number of morpholine rings is 1. The number of halogens is 4. The van der Waals surface area contributed by atoms with Crippen LogP contribution < -0.4 is 0 Å². The minimum Gasteiger partial charge on any atom is -0.394 e. The van der Waals surface area contributed by atoms with Gasteiger partial charge in [-0.3, -0.25) is 4.90 Å². The fourth-order valence-electron chi connectivity index (χ4n) is 3.90. The van der Waals surface area contributed by atoms with Crippen LogP contribution in [0.15, 0.2) is 42.7 Å². The molecule has 1 aromatic heterocycles. The van der Waals surface area contributed by atoms with Crippen molar-refractivity contribution in [2.45, 2.75) is 18.3 Å². The quantitative estimate of drug-likeness (QED) is 0.648. The molecule has 5 nitrogen and oxygen atoms in total. The first-order chi connectivity index (χ1) is 14.3. The lowest BCUT2D eigenvalue weighted by Gasteiger charge is -2.38. The van der Waals surface area contributed by atoms with E-state index in [1.54, 1.807) is 6.33 Å². The first-order valence-corrected chi connectivity index (χ1v) is 9.51. The van der Waals surface area contributed by atoms with Crippen LogP contribution in [-0.2, 0) is 18.0 Å². The second-order valence-electron chi connectivity index (χ2n) is 7.43. The lowest BCUT2D eigenvalue weighted by Crippen LogP contribution is -2.42. The van der Waals surface area contributed by atoms with E-state index in [0.717, 1.165) is 28.7 Å². The van der Waals surface area contributed by atoms with Crippen LogP contribution in [0, 0.1) is 5.82 Å². The fraction of sp³-hybridized carbons (Fsp3) is 0.381. The number of nitrogens with zero attached hydrogens (tertiary/aromatic N) is 3. The summed E-state index contributed by atoms with van der Waals surface area (Å²) in [5, 5.41) is 9.93. The van der Waals surface area contributed by atoms with Crippen LogP contribution in [0.25, 0.3) is 11.0 Å². The SMILES string of the molecule is Cn1cnc2ccc([C@@H]3CN([C@@H](CO)c4cc(F)cc(C(F)(F)F)c4)CCO3)cc21. The van der Waals surface area contributed by atoms with E-state index in [4.69, 9.17) is 4.74 Å². The highest BCUT2D eigenvalue weighted by atomic mass is 19.4. The van der Waals surface area contributed by atoms with E-state index < -0.39 is 30.2 Å². The molecule has 0 radical (unpaired) electrons. The summed E-state index contributed by atoms with van der Waals surface area (Å²) < 4.78 is 61.0. The molecule has 1 saturated heterocycles. The maximum absolute atomic E-state index is 13.9. The molecule has 0 amide bonds. The Hall–Kier alpha value is -2.49. The van der Waals surface area contributed by atoms with E-state index in [1.807, 2.05) is 34.7 Å². The van der Waals surface area contributed by atoms with Crippen molar-refractivity contribution in [3.63, 3.8) is 0 Å². The van der Waals surface area contributed by atoms with Crippen LogP contribution in [0.4, 0.5) is 17.6 Å². The number of aromatic nitrogens is 2. The summed E-state index contributed by atoms with van der Waals surface area (Å²) >= 11 is 0. The Balaban J connectivity index is 1.61. The third kappa shape index (κ3) is 4.05. The number of fused-ring (bicyclic) bond motifs is 1. The summed E-state index contributed by atoms with van der Waals surface area (Å²) in [6, 6.07) is 7.39. The Morgan fingerprint density at radius 2 is 2.03 bits per heavy atom. The van der Waals surface area contributed by atoms with E-state index in [1.165, 1.54) is 0 Å². The van der Waals surface area contributed by atoms with Crippen molar-refractivity contribution in [3.8, 4) is 0 Å². The highest BCUT2D eigenvalue weighted by molar-refractivity contribution is 5.76. The predicted molar refractivity (Wildman–Crippen MR) is 102 cm³/mol. The summed E-state index contributed by atoms with van der Waals surface area (Å²) in [6.45, 7) is 0.667. The number of alkyl halides is 3. The van der Waals surface area contributed by atoms with Crippen LogP contribution >= 0.6 is 0 Å². The molecule has 0 unspecified atom stereocenters. The number of aliphatic hydroxyl groups is 1. The fourth-order valence-corrected chi connectivity index (χ4v) is 3.90. The molecular weight excluding hydrogens is 402 g/mol. The van der Waals surface area contributed by atoms with E-state index in [9.17, 15) is 22.7 Å². The van der Waals surface area contributed by atoms with Crippen molar-refractivity contribution in [2.24, 2.45) is 7.05 Å². The van der Waals surface area contributed by atoms with E-state index in [2.05, 4.69) is 4.98 Å². The van der Waals surface area contributed by atoms with Crippen LogP contribution in [0.5, 0.6) is 0 Å². The average molecular weight is 423 g/mol. The number of ether oxygens (including phenoxy) is 1. The molecule has 3 aromatic rings. The molecule has 30 heavy (non-hydrogen) atoms. The topological polar surface area (TPSA) is 50.5 Å². The van der Waals surface area contributed by atoms with Crippen molar-refractivity contribution >= 4 is 11.0 Å². The number of aryl methyl sites for hydroxylation is 1. The van der Waals surface area contributed by atoms with Gasteiger partial charge in [0.15, 0.2) is 0 Å². The minimum atomic E-state index is -4.66. The number of aliphatic hydroxyl groups excluding tert-OH is 1. The second-order valence-corrected chi connectivity index (χ2v) is 7.43. The van der Waals surface area contributed by atoms with E-state index in [0.29, 0.717) is 25.8 Å². The molecule has 1 aliphatic rings. The number of hydrogen-bond acceptors (Lipinski definition) is 4. The van der Waals surface area contributed by atoms with Crippen LogP contribution in [0.1, 0.15) is 28.8 Å². The third-order valence-corrected chi connectivity index (χ3v) is 5.47. The lowest BCUT2D eigenvalue weighted by atomic mass is 10.00. The van der Waals surface area contributed by atoms with Crippen LogP contribution in [0.3, 0.4) is 0 Å². The van der Waals surface area contributed by atoms with Gasteiger partial charge in [-0.15, -0.1) is 0 Å². The number of imidazole rings is 1. The first kappa shape index (κ1) is 20.8. The maximum atomic E-state index is 13.9. The van der Waals surface area contributed by atoms with E-state index in [-0.39, 0.29) is 11.7 Å². The highest BCUT2D eigenvalue weighted by Gasteiger charge is 2.34. The molecule has 1 aliphatic heterocycles. The van der Waals surface area contributed by atoms with Crippen molar-refractivity contribution in [3.05, 3.63) is 65.2 Å². The summed E-state index contributed by atoms with van der Waals surface area (Å²) in [7, 11) is 1.89. The number of benzene rings is 2. The van der Waals surface area contributed by atoms with Gasteiger partial charge in [0.25, 0.3) is 0 Å². The van der Waals surface area contributed by atoms with Gasteiger partial charge >= 0.3 is 6.18 Å². The minimum absolute atomic E-state index is 0.0903. The molecule has 4 rings (SSSR count). The lowest BCUT2D eigenvalue weighted by molar-refractivity contribution is -0.137. The Morgan fingerprint density at radius 1 is 1.23 bits per heavy atom. The van der Waals surface area contributed by atoms with Gasteiger partial charge in [-0.1, -0.05) is 6.07 Å². The molecule has 2 heterocycles. The highest BCUT2D eigenvalue weighted by Crippen LogP contribution is 2.34. The molecule has 0 bridgehead atoms. The van der Waals surface area contributed by atoms with Gasteiger partial charge < -0.3 is 14.4 Å². The van der Waals surface area contributed by atoms with Crippen molar-refractivity contribution in [1.82, 2.24) is 14.5 Å². The molecule has 160 valence electrons.